The molecule has 1 fully saturated rings. The van der Waals surface area contributed by atoms with Crippen molar-refractivity contribution in [2.75, 3.05) is 18.9 Å². The summed E-state index contributed by atoms with van der Waals surface area (Å²) in [7, 11) is -2.28. The number of amides is 1. The highest BCUT2D eigenvalue weighted by Crippen LogP contribution is 2.25. The zero-order chi connectivity index (χ0) is 14.8. The first-order chi connectivity index (χ1) is 9.42. The monoisotopic (exact) mass is 301 g/mol. The summed E-state index contributed by atoms with van der Waals surface area (Å²) in [6.07, 6.45) is 1.53. The lowest BCUT2D eigenvalue weighted by atomic mass is 10.3. The van der Waals surface area contributed by atoms with E-state index in [1.165, 1.54) is 6.07 Å². The second kappa shape index (κ2) is 5.86. The Hall–Kier alpha value is -1.51. The first kappa shape index (κ1) is 14.9. The van der Waals surface area contributed by atoms with E-state index in [1.54, 1.807) is 7.05 Å². The molecule has 0 saturated heterocycles. The van der Waals surface area contributed by atoms with Gasteiger partial charge in [0.1, 0.15) is 10.7 Å². The molecule has 20 heavy (non-hydrogen) atoms. The van der Waals surface area contributed by atoms with Crippen LogP contribution in [0.5, 0.6) is 0 Å². The number of anilines is 1. The molecule has 0 unspecified atom stereocenters. The number of carbonyl (C=O) groups excluding carboxylic acids is 1. The van der Waals surface area contributed by atoms with Crippen LogP contribution in [-0.4, -0.2) is 34.0 Å². The van der Waals surface area contributed by atoms with E-state index >= 15 is 0 Å². The summed E-state index contributed by atoms with van der Waals surface area (Å²) >= 11 is 0. The predicted molar refractivity (Wildman–Crippen MR) is 72.3 cm³/mol. The average Bonchev–Trinajstić information content (AvgIpc) is 3.15. The highest BCUT2D eigenvalue weighted by atomic mass is 32.2. The molecule has 1 saturated carbocycles. The largest absolute Gasteiger partial charge is 0.325 e. The second-order valence-corrected chi connectivity index (χ2v) is 6.30. The second-order valence-electron chi connectivity index (χ2n) is 4.62. The van der Waals surface area contributed by atoms with Crippen molar-refractivity contribution in [2.45, 2.75) is 23.8 Å². The van der Waals surface area contributed by atoms with Crippen LogP contribution in [0, 0.1) is 5.82 Å². The molecule has 1 aliphatic carbocycles. The first-order valence-corrected chi connectivity index (χ1v) is 7.67. The predicted octanol–water partition coefficient (Wildman–Crippen LogP) is 0.424. The van der Waals surface area contributed by atoms with Crippen LogP contribution in [0.4, 0.5) is 10.1 Å². The number of hydrogen-bond donors (Lipinski definition) is 3. The fourth-order valence-corrected chi connectivity index (χ4v) is 3.05. The Kier molecular flexibility index (Phi) is 4.36. The van der Waals surface area contributed by atoms with Crippen LogP contribution in [0.1, 0.15) is 12.8 Å². The molecule has 1 amide bonds. The average molecular weight is 301 g/mol. The van der Waals surface area contributed by atoms with E-state index in [2.05, 4.69) is 15.4 Å². The van der Waals surface area contributed by atoms with Gasteiger partial charge >= 0.3 is 0 Å². The number of nitrogens with one attached hydrogen (secondary N) is 3. The third-order valence-corrected chi connectivity index (χ3v) is 4.28. The van der Waals surface area contributed by atoms with Gasteiger partial charge in [0, 0.05) is 11.7 Å². The van der Waals surface area contributed by atoms with Crippen LogP contribution < -0.4 is 15.4 Å². The fraction of sp³-hybridized carbons (Fsp3) is 0.417. The van der Waals surface area contributed by atoms with Crippen molar-refractivity contribution in [2.24, 2.45) is 0 Å². The topological polar surface area (TPSA) is 87.3 Å². The van der Waals surface area contributed by atoms with Gasteiger partial charge in [-0.2, -0.15) is 0 Å². The van der Waals surface area contributed by atoms with Crippen LogP contribution in [0.15, 0.2) is 23.1 Å². The summed E-state index contributed by atoms with van der Waals surface area (Å²) in [5.74, 6) is -1.18. The van der Waals surface area contributed by atoms with Crippen LogP contribution in [0.3, 0.4) is 0 Å². The van der Waals surface area contributed by atoms with E-state index in [0.717, 1.165) is 25.0 Å². The van der Waals surface area contributed by atoms with Gasteiger partial charge in [-0.05, 0) is 38.1 Å². The first-order valence-electron chi connectivity index (χ1n) is 6.19. The summed E-state index contributed by atoms with van der Waals surface area (Å²) < 4.78 is 40.1. The minimum absolute atomic E-state index is 0.0831. The summed E-state index contributed by atoms with van der Waals surface area (Å²) in [4.78, 5) is 11.0. The Balaban J connectivity index is 2.21. The zero-order valence-electron chi connectivity index (χ0n) is 10.9. The highest BCUT2D eigenvalue weighted by Gasteiger charge is 2.29. The highest BCUT2D eigenvalue weighted by molar-refractivity contribution is 7.89. The summed E-state index contributed by atoms with van der Waals surface area (Å²) in [5.41, 5.74) is 0.239. The number of sulfonamides is 1. The van der Waals surface area contributed by atoms with Crippen LogP contribution in [0.25, 0.3) is 0 Å². The van der Waals surface area contributed by atoms with Gasteiger partial charge < -0.3 is 10.6 Å². The molecule has 2 rings (SSSR count). The Bertz CT molecular complexity index is 614. The Morgan fingerprint density at radius 1 is 1.40 bits per heavy atom. The maximum Gasteiger partial charge on any atom is 0.243 e. The van der Waals surface area contributed by atoms with Gasteiger partial charge in [-0.25, -0.2) is 17.5 Å². The molecule has 0 radical (unpaired) electrons. The summed E-state index contributed by atoms with van der Waals surface area (Å²) in [6, 6.07) is 3.35. The van der Waals surface area contributed by atoms with E-state index in [9.17, 15) is 17.6 Å². The minimum Gasteiger partial charge on any atom is -0.325 e. The van der Waals surface area contributed by atoms with Crippen molar-refractivity contribution in [1.29, 1.82) is 0 Å². The normalized spacial score (nSPS) is 15.1. The summed E-state index contributed by atoms with van der Waals surface area (Å²) in [5, 5.41) is 5.15. The van der Waals surface area contributed by atoms with Crippen molar-refractivity contribution in [3.63, 3.8) is 0 Å². The molecule has 110 valence electrons. The van der Waals surface area contributed by atoms with Gasteiger partial charge in [0.25, 0.3) is 0 Å². The van der Waals surface area contributed by atoms with Gasteiger partial charge in [0.05, 0.1) is 6.54 Å². The molecule has 0 heterocycles. The van der Waals surface area contributed by atoms with Crippen molar-refractivity contribution in [3.05, 3.63) is 24.0 Å². The lowest BCUT2D eigenvalue weighted by Gasteiger charge is -2.10. The number of rotatable bonds is 6. The number of halogens is 1. The van der Waals surface area contributed by atoms with Gasteiger partial charge in [-0.15, -0.1) is 0 Å². The minimum atomic E-state index is -3.89. The van der Waals surface area contributed by atoms with Gasteiger partial charge in [-0.3, -0.25) is 4.79 Å². The number of benzene rings is 1. The van der Waals surface area contributed by atoms with Crippen molar-refractivity contribution in [1.82, 2.24) is 10.0 Å². The molecule has 1 aromatic carbocycles. The zero-order valence-corrected chi connectivity index (χ0v) is 11.8. The summed E-state index contributed by atoms with van der Waals surface area (Å²) in [6.45, 7) is 0.0831. The lowest BCUT2D eigenvalue weighted by Crippen LogP contribution is -2.27. The van der Waals surface area contributed by atoms with E-state index < -0.39 is 20.7 Å². The number of hydrogen-bond acceptors (Lipinski definition) is 4. The van der Waals surface area contributed by atoms with Crippen molar-refractivity contribution in [3.8, 4) is 0 Å². The molecule has 0 aliphatic heterocycles. The lowest BCUT2D eigenvalue weighted by molar-refractivity contribution is -0.115. The molecule has 1 aliphatic rings. The molecule has 0 spiro atoms. The Labute approximate surface area is 116 Å². The SMILES string of the molecule is CNCC(=O)Nc1ccc(F)c(S(=O)(=O)NC2CC2)c1. The molecular formula is C12H16FN3O3S. The maximum absolute atomic E-state index is 13.7. The third kappa shape index (κ3) is 3.75. The standard InChI is InChI=1S/C12H16FN3O3S/c1-14-7-12(17)15-9-4-5-10(13)11(6-9)20(18,19)16-8-2-3-8/h4-6,8,14,16H,2-3,7H2,1H3,(H,15,17). The maximum atomic E-state index is 13.7. The molecule has 0 bridgehead atoms. The van der Waals surface area contributed by atoms with Crippen LogP contribution in [-0.2, 0) is 14.8 Å². The van der Waals surface area contributed by atoms with Gasteiger partial charge in [-0.1, -0.05) is 0 Å². The van der Waals surface area contributed by atoms with Crippen LogP contribution in [0.2, 0.25) is 0 Å². The molecule has 8 heteroatoms. The van der Waals surface area contributed by atoms with Gasteiger partial charge in [0.2, 0.25) is 15.9 Å². The van der Waals surface area contributed by atoms with Crippen LogP contribution >= 0.6 is 0 Å². The third-order valence-electron chi connectivity index (χ3n) is 2.74. The van der Waals surface area contributed by atoms with E-state index in [0.29, 0.717) is 0 Å². The van der Waals surface area contributed by atoms with Gasteiger partial charge in [0.15, 0.2) is 0 Å². The Morgan fingerprint density at radius 3 is 2.70 bits per heavy atom. The fourth-order valence-electron chi connectivity index (χ4n) is 1.64. The Morgan fingerprint density at radius 2 is 2.10 bits per heavy atom. The molecule has 3 N–H and O–H groups in total. The number of carbonyl (C=O) groups is 1. The smallest absolute Gasteiger partial charge is 0.243 e. The van der Waals surface area contributed by atoms with Crippen molar-refractivity contribution >= 4 is 21.6 Å². The van der Waals surface area contributed by atoms with E-state index in [4.69, 9.17) is 0 Å². The van der Waals surface area contributed by atoms with Crippen molar-refractivity contribution < 1.29 is 17.6 Å². The molecule has 0 aromatic heterocycles. The van der Waals surface area contributed by atoms with E-state index in [-0.39, 0.29) is 24.2 Å². The van der Waals surface area contributed by atoms with E-state index in [1.807, 2.05) is 0 Å². The molecule has 6 nitrogen and oxygen atoms in total. The molecule has 0 atom stereocenters. The number of likely N-dealkylation sites (N-methyl/N-ethyl adjacent to an activating group) is 1. The molecular weight excluding hydrogens is 285 g/mol. The molecule has 1 aromatic rings. The quantitative estimate of drug-likeness (QED) is 0.711.